The fourth-order valence-corrected chi connectivity index (χ4v) is 12.7. The normalized spacial score (nSPS) is 12.6. The summed E-state index contributed by atoms with van der Waals surface area (Å²) in [5.41, 5.74) is -0.931. The number of rotatable bonds is 73. The molecule has 4 nitrogen and oxygen atoms in total. The van der Waals surface area contributed by atoms with Crippen LogP contribution in [0.4, 0.5) is 0 Å². The van der Waals surface area contributed by atoms with Gasteiger partial charge in [0, 0.05) is 0 Å². The van der Waals surface area contributed by atoms with Gasteiger partial charge < -0.3 is 9.47 Å². The average Bonchev–Trinajstić information content (AvgIpc) is 3.68. The standard InChI is InChI=1S/C80H154O4/c1-5-9-13-17-21-25-29-33-37-39-41-43-45-47-51-55-59-63-67-71-75-83-78(81)77-80(73-69-65-61-57-53-49-35-31-27-23-19-15-11-7-3,74-70-66-62-58-54-50-36-32-28-24-20-16-12-8-4)79(82)84-76-72-68-64-60-56-52-48-46-44-42-40-38-34-30-26-22-18-14-10-6-2/h65-66,69-70H,5-64,67-68,71-77H2,1-4H3. The van der Waals surface area contributed by atoms with Crippen molar-refractivity contribution in [2.24, 2.45) is 5.41 Å². The van der Waals surface area contributed by atoms with Gasteiger partial charge in [-0.1, -0.05) is 424 Å². The van der Waals surface area contributed by atoms with E-state index in [2.05, 4.69) is 52.0 Å². The summed E-state index contributed by atoms with van der Waals surface area (Å²) in [6.07, 6.45) is 95.8. The molecule has 0 aliphatic heterocycles. The van der Waals surface area contributed by atoms with Gasteiger partial charge in [0.2, 0.25) is 0 Å². The Labute approximate surface area is 529 Å². The number of ether oxygens (including phenoxy) is 2. The Hall–Kier alpha value is -1.58. The first-order valence-electron chi connectivity index (χ1n) is 39.2. The molecule has 498 valence electrons. The van der Waals surface area contributed by atoms with E-state index in [-0.39, 0.29) is 18.4 Å². The van der Waals surface area contributed by atoms with E-state index in [1.165, 1.54) is 372 Å². The van der Waals surface area contributed by atoms with Crippen molar-refractivity contribution < 1.29 is 19.1 Å². The fourth-order valence-electron chi connectivity index (χ4n) is 12.7. The molecule has 84 heavy (non-hydrogen) atoms. The van der Waals surface area contributed by atoms with Gasteiger partial charge in [0.15, 0.2) is 0 Å². The van der Waals surface area contributed by atoms with Gasteiger partial charge >= 0.3 is 11.9 Å². The summed E-state index contributed by atoms with van der Waals surface area (Å²) >= 11 is 0. The van der Waals surface area contributed by atoms with Crippen LogP contribution < -0.4 is 0 Å². The van der Waals surface area contributed by atoms with Crippen LogP contribution in [0.15, 0.2) is 24.3 Å². The molecule has 0 saturated heterocycles. The van der Waals surface area contributed by atoms with Crippen LogP contribution in [0.5, 0.6) is 0 Å². The topological polar surface area (TPSA) is 52.6 Å². The Balaban J connectivity index is 5.16. The molecule has 0 heterocycles. The molecule has 0 rings (SSSR count). The van der Waals surface area contributed by atoms with Crippen LogP contribution in [0.25, 0.3) is 0 Å². The highest BCUT2D eigenvalue weighted by Crippen LogP contribution is 2.35. The van der Waals surface area contributed by atoms with Crippen LogP contribution in [0.1, 0.15) is 458 Å². The minimum Gasteiger partial charge on any atom is -0.466 e. The summed E-state index contributed by atoms with van der Waals surface area (Å²) in [5.74, 6) is -0.434. The number of esters is 2. The quantitative estimate of drug-likeness (QED) is 0.0346. The third-order valence-electron chi connectivity index (χ3n) is 18.7. The van der Waals surface area contributed by atoms with Crippen molar-refractivity contribution >= 4 is 11.9 Å². The molecular formula is C80H154O4. The largest absolute Gasteiger partial charge is 0.466 e. The van der Waals surface area contributed by atoms with Crippen molar-refractivity contribution in [3.63, 3.8) is 0 Å². The van der Waals surface area contributed by atoms with Crippen molar-refractivity contribution in [1.29, 1.82) is 0 Å². The van der Waals surface area contributed by atoms with Crippen LogP contribution in [0.3, 0.4) is 0 Å². The molecule has 0 aliphatic rings. The highest BCUT2D eigenvalue weighted by atomic mass is 16.5. The SMILES string of the molecule is CCCCCCCCCCCCCC=CCC(CC=CCCCCCCCCCCCCC)(CC(=O)OCCCCCCCCCCCCCCCCCCCCCC)C(=O)OCCCCCCCCCCCCCCCCCCCCCC. The molecule has 0 aromatic rings. The predicted molar refractivity (Wildman–Crippen MR) is 375 cm³/mol. The lowest BCUT2D eigenvalue weighted by Crippen LogP contribution is -2.35. The number of allylic oxidation sites excluding steroid dienone is 4. The lowest BCUT2D eigenvalue weighted by atomic mass is 9.77. The molecule has 0 aliphatic carbocycles. The Morgan fingerprint density at radius 1 is 0.238 bits per heavy atom. The van der Waals surface area contributed by atoms with Gasteiger partial charge in [-0.3, -0.25) is 9.59 Å². The molecule has 0 radical (unpaired) electrons. The number of hydrogen-bond acceptors (Lipinski definition) is 4. The van der Waals surface area contributed by atoms with Crippen LogP contribution in [0.2, 0.25) is 0 Å². The zero-order chi connectivity index (χ0) is 60.7. The smallest absolute Gasteiger partial charge is 0.313 e. The number of carbonyl (C=O) groups excluding carboxylic acids is 2. The summed E-state index contributed by atoms with van der Waals surface area (Å²) in [7, 11) is 0. The summed E-state index contributed by atoms with van der Waals surface area (Å²) in [4.78, 5) is 28.3. The minimum atomic E-state index is -0.931. The molecular weight excluding hydrogens is 1020 g/mol. The predicted octanol–water partition coefficient (Wildman–Crippen LogP) is 28.4. The third kappa shape index (κ3) is 63.4. The minimum absolute atomic E-state index is 0.0931. The molecule has 4 heteroatoms. The van der Waals surface area contributed by atoms with E-state index in [1.807, 2.05) is 0 Å². The zero-order valence-corrected chi connectivity index (χ0v) is 58.2. The Morgan fingerprint density at radius 3 is 0.655 bits per heavy atom. The highest BCUT2D eigenvalue weighted by Gasteiger charge is 2.41. The van der Waals surface area contributed by atoms with E-state index < -0.39 is 5.41 Å². The van der Waals surface area contributed by atoms with Gasteiger partial charge in [-0.15, -0.1) is 0 Å². The van der Waals surface area contributed by atoms with Crippen LogP contribution >= 0.6 is 0 Å². The molecule has 0 aromatic heterocycles. The maximum Gasteiger partial charge on any atom is 0.313 e. The van der Waals surface area contributed by atoms with Gasteiger partial charge in [0.1, 0.15) is 0 Å². The Bertz CT molecular complexity index is 1280. The maximum absolute atomic E-state index is 14.5. The lowest BCUT2D eigenvalue weighted by Gasteiger charge is -2.29. The first kappa shape index (κ1) is 82.4. The molecule has 0 N–H and O–H groups in total. The second-order valence-electron chi connectivity index (χ2n) is 27.2. The molecule has 0 saturated carbocycles. The van der Waals surface area contributed by atoms with Crippen molar-refractivity contribution in [2.45, 2.75) is 458 Å². The first-order valence-corrected chi connectivity index (χ1v) is 39.2. The van der Waals surface area contributed by atoms with Gasteiger partial charge in [0.05, 0.1) is 25.0 Å². The fraction of sp³-hybridized carbons (Fsp3) is 0.925. The van der Waals surface area contributed by atoms with Gasteiger partial charge in [0.25, 0.3) is 0 Å². The van der Waals surface area contributed by atoms with Crippen molar-refractivity contribution in [3.8, 4) is 0 Å². The van der Waals surface area contributed by atoms with E-state index in [1.54, 1.807) is 0 Å². The van der Waals surface area contributed by atoms with E-state index in [0.717, 1.165) is 38.5 Å². The van der Waals surface area contributed by atoms with Gasteiger partial charge in [-0.05, 0) is 51.4 Å². The molecule has 0 bridgehead atoms. The van der Waals surface area contributed by atoms with Crippen LogP contribution in [0, 0.1) is 5.41 Å². The van der Waals surface area contributed by atoms with Crippen LogP contribution in [-0.2, 0) is 19.1 Å². The molecule has 0 amide bonds. The molecule has 0 aromatic carbocycles. The zero-order valence-electron chi connectivity index (χ0n) is 58.2. The Morgan fingerprint density at radius 2 is 0.429 bits per heavy atom. The summed E-state index contributed by atoms with van der Waals surface area (Å²) in [5, 5.41) is 0. The summed E-state index contributed by atoms with van der Waals surface area (Å²) < 4.78 is 12.2. The molecule has 0 fully saturated rings. The monoisotopic (exact) mass is 1180 g/mol. The molecule has 0 spiro atoms. The van der Waals surface area contributed by atoms with Gasteiger partial charge in [-0.2, -0.15) is 0 Å². The average molecular weight is 1180 g/mol. The van der Waals surface area contributed by atoms with E-state index in [9.17, 15) is 9.59 Å². The second-order valence-corrected chi connectivity index (χ2v) is 27.2. The first-order chi connectivity index (χ1) is 41.6. The van der Waals surface area contributed by atoms with Crippen molar-refractivity contribution in [3.05, 3.63) is 24.3 Å². The van der Waals surface area contributed by atoms with Crippen molar-refractivity contribution in [2.75, 3.05) is 13.2 Å². The molecule has 0 atom stereocenters. The number of unbranched alkanes of at least 4 members (excludes halogenated alkanes) is 60. The van der Waals surface area contributed by atoms with Crippen LogP contribution in [-0.4, -0.2) is 25.2 Å². The molecule has 0 unspecified atom stereocenters. The second kappa shape index (κ2) is 72.2. The van der Waals surface area contributed by atoms with E-state index in [0.29, 0.717) is 26.1 Å². The van der Waals surface area contributed by atoms with E-state index in [4.69, 9.17) is 9.47 Å². The van der Waals surface area contributed by atoms with E-state index >= 15 is 0 Å². The summed E-state index contributed by atoms with van der Waals surface area (Å²) in [6, 6.07) is 0. The third-order valence-corrected chi connectivity index (χ3v) is 18.7. The Kier molecular flexibility index (Phi) is 70.8. The van der Waals surface area contributed by atoms with Gasteiger partial charge in [-0.25, -0.2) is 0 Å². The summed E-state index contributed by atoms with van der Waals surface area (Å²) in [6.45, 7) is 10.1. The maximum atomic E-state index is 14.5. The number of carbonyl (C=O) groups is 2. The number of hydrogen-bond donors (Lipinski definition) is 0. The van der Waals surface area contributed by atoms with Crippen molar-refractivity contribution in [1.82, 2.24) is 0 Å². The highest BCUT2D eigenvalue weighted by molar-refractivity contribution is 5.84. The lowest BCUT2D eigenvalue weighted by molar-refractivity contribution is -0.163.